The molecule has 0 rings (SSSR count). The van der Waals surface area contributed by atoms with Crippen LogP contribution < -0.4 is 5.32 Å². The second-order valence-electron chi connectivity index (χ2n) is 3.33. The lowest BCUT2D eigenvalue weighted by molar-refractivity contribution is -0.128. The van der Waals surface area contributed by atoms with E-state index in [0.29, 0.717) is 12.8 Å². The van der Waals surface area contributed by atoms with Gasteiger partial charge in [0.05, 0.1) is 19.8 Å². The van der Waals surface area contributed by atoms with Gasteiger partial charge < -0.3 is 14.8 Å². The molecule has 0 aromatic heterocycles. The number of ketones is 1. The summed E-state index contributed by atoms with van der Waals surface area (Å²) in [5, 5.41) is 2.45. The summed E-state index contributed by atoms with van der Waals surface area (Å²) in [7, 11) is 0. The van der Waals surface area contributed by atoms with Gasteiger partial charge in [-0.2, -0.15) is 0 Å². The van der Waals surface area contributed by atoms with Gasteiger partial charge in [-0.15, -0.1) is 18.8 Å². The molecule has 0 aromatic carbocycles. The molecule has 0 saturated heterocycles. The fraction of sp³-hybridized carbons (Fsp3) is 0.538. The average Bonchev–Trinajstić information content (AvgIpc) is 2.37. The van der Waals surface area contributed by atoms with Crippen molar-refractivity contribution in [2.24, 2.45) is 0 Å². The predicted octanol–water partition coefficient (Wildman–Crippen LogP) is -0.248. The highest BCUT2D eigenvalue weighted by atomic mass is 16.5. The summed E-state index contributed by atoms with van der Waals surface area (Å²) in [6.45, 7) is 0.628. The Morgan fingerprint density at radius 3 is 2.33 bits per heavy atom. The van der Waals surface area contributed by atoms with Crippen molar-refractivity contribution in [3.05, 3.63) is 0 Å². The molecule has 0 saturated carbocycles. The summed E-state index contributed by atoms with van der Waals surface area (Å²) in [6, 6.07) is 0. The van der Waals surface area contributed by atoms with Gasteiger partial charge in [0.2, 0.25) is 5.91 Å². The third-order valence-corrected chi connectivity index (χ3v) is 1.80. The van der Waals surface area contributed by atoms with Crippen LogP contribution in [0, 0.1) is 24.7 Å². The van der Waals surface area contributed by atoms with Gasteiger partial charge >= 0.3 is 0 Å². The molecule has 0 unspecified atom stereocenters. The van der Waals surface area contributed by atoms with E-state index in [0.717, 1.165) is 0 Å². The van der Waals surface area contributed by atoms with Crippen LogP contribution in [-0.4, -0.2) is 44.7 Å². The molecule has 0 fully saturated rings. The standard InChI is InChI=1S/C13H17NO4/c1-3-5-6-12(15)10-17-8-9-18-11-13(16)14-7-4-2/h1-2H,5-11H2,(H,14,16). The molecule has 0 spiro atoms. The Morgan fingerprint density at radius 2 is 1.72 bits per heavy atom. The van der Waals surface area contributed by atoms with Crippen molar-refractivity contribution in [2.45, 2.75) is 12.8 Å². The lowest BCUT2D eigenvalue weighted by atomic mass is 10.2. The van der Waals surface area contributed by atoms with Gasteiger partial charge in [0.1, 0.15) is 13.2 Å². The van der Waals surface area contributed by atoms with Crippen molar-refractivity contribution < 1.29 is 19.1 Å². The summed E-state index contributed by atoms with van der Waals surface area (Å²) < 4.78 is 10.1. The Bertz CT molecular complexity index is 304. The topological polar surface area (TPSA) is 64.6 Å². The molecule has 1 amide bonds. The molecule has 0 aliphatic rings. The molecular formula is C13H17NO4. The molecular weight excluding hydrogens is 234 g/mol. The minimum absolute atomic E-state index is 0.0222. The summed E-state index contributed by atoms with van der Waals surface area (Å²) in [4.78, 5) is 22.1. The SMILES string of the molecule is C#CCCC(=O)COCCOCC(=O)NCC#C. The van der Waals surface area contributed by atoms with Crippen molar-refractivity contribution in [2.75, 3.05) is 33.0 Å². The molecule has 18 heavy (non-hydrogen) atoms. The van der Waals surface area contributed by atoms with Gasteiger partial charge in [-0.3, -0.25) is 9.59 Å². The monoisotopic (exact) mass is 251 g/mol. The minimum atomic E-state index is -0.280. The average molecular weight is 251 g/mol. The number of hydrogen-bond donors (Lipinski definition) is 1. The zero-order valence-electron chi connectivity index (χ0n) is 10.2. The fourth-order valence-corrected chi connectivity index (χ4v) is 0.953. The van der Waals surface area contributed by atoms with Crippen LogP contribution >= 0.6 is 0 Å². The summed E-state index contributed by atoms with van der Waals surface area (Å²) in [6.07, 6.45) is 10.7. The van der Waals surface area contributed by atoms with Gasteiger partial charge in [-0.05, 0) is 0 Å². The molecule has 0 atom stereocenters. The van der Waals surface area contributed by atoms with E-state index in [4.69, 9.17) is 22.3 Å². The van der Waals surface area contributed by atoms with E-state index in [-0.39, 0.29) is 44.7 Å². The zero-order chi connectivity index (χ0) is 13.6. The third kappa shape index (κ3) is 10.7. The Hall–Kier alpha value is -1.82. The van der Waals surface area contributed by atoms with Crippen LogP contribution in [0.5, 0.6) is 0 Å². The number of ether oxygens (including phenoxy) is 2. The molecule has 5 nitrogen and oxygen atoms in total. The second kappa shape index (κ2) is 11.7. The molecule has 0 radical (unpaired) electrons. The molecule has 0 aromatic rings. The van der Waals surface area contributed by atoms with Crippen LogP contribution in [0.15, 0.2) is 0 Å². The minimum Gasteiger partial charge on any atom is -0.371 e. The van der Waals surface area contributed by atoms with Crippen molar-refractivity contribution in [3.63, 3.8) is 0 Å². The number of amides is 1. The molecule has 0 heterocycles. The van der Waals surface area contributed by atoms with E-state index < -0.39 is 0 Å². The first-order chi connectivity index (χ1) is 8.70. The first-order valence-corrected chi connectivity index (χ1v) is 5.51. The Kier molecular flexibility index (Phi) is 10.5. The van der Waals surface area contributed by atoms with E-state index in [1.165, 1.54) is 0 Å². The zero-order valence-corrected chi connectivity index (χ0v) is 10.2. The fourth-order valence-electron chi connectivity index (χ4n) is 0.953. The molecule has 0 aliphatic heterocycles. The van der Waals surface area contributed by atoms with Crippen molar-refractivity contribution >= 4 is 11.7 Å². The smallest absolute Gasteiger partial charge is 0.246 e. The van der Waals surface area contributed by atoms with E-state index in [9.17, 15) is 9.59 Å². The van der Waals surface area contributed by atoms with Crippen LogP contribution in [0.1, 0.15) is 12.8 Å². The number of Topliss-reactive ketones (excluding diaryl/α,β-unsaturated/α-hetero) is 1. The third-order valence-electron chi connectivity index (χ3n) is 1.80. The largest absolute Gasteiger partial charge is 0.371 e. The maximum atomic E-state index is 11.1. The highest BCUT2D eigenvalue weighted by molar-refractivity contribution is 5.79. The van der Waals surface area contributed by atoms with Crippen molar-refractivity contribution in [3.8, 4) is 24.7 Å². The van der Waals surface area contributed by atoms with E-state index >= 15 is 0 Å². The molecule has 0 bridgehead atoms. The summed E-state index contributed by atoms with van der Waals surface area (Å²) >= 11 is 0. The van der Waals surface area contributed by atoms with Gasteiger partial charge in [-0.1, -0.05) is 5.92 Å². The number of carbonyl (C=O) groups excluding carboxylic acids is 2. The van der Waals surface area contributed by atoms with E-state index in [2.05, 4.69) is 17.2 Å². The summed E-state index contributed by atoms with van der Waals surface area (Å²) in [5.74, 6) is 4.33. The van der Waals surface area contributed by atoms with Crippen LogP contribution in [0.25, 0.3) is 0 Å². The van der Waals surface area contributed by atoms with Gasteiger partial charge in [0.25, 0.3) is 0 Å². The number of carbonyl (C=O) groups is 2. The Balaban J connectivity index is 3.31. The Morgan fingerprint density at radius 1 is 1.06 bits per heavy atom. The second-order valence-corrected chi connectivity index (χ2v) is 3.33. The van der Waals surface area contributed by atoms with Crippen LogP contribution in [0.2, 0.25) is 0 Å². The number of rotatable bonds is 10. The summed E-state index contributed by atoms with van der Waals surface area (Å²) in [5.41, 5.74) is 0. The Labute approximate surface area is 107 Å². The van der Waals surface area contributed by atoms with E-state index in [1.54, 1.807) is 0 Å². The maximum absolute atomic E-state index is 11.1. The maximum Gasteiger partial charge on any atom is 0.246 e. The number of nitrogens with one attached hydrogen (secondary N) is 1. The lowest BCUT2D eigenvalue weighted by Crippen LogP contribution is -2.28. The van der Waals surface area contributed by atoms with Crippen LogP contribution in [0.3, 0.4) is 0 Å². The molecule has 5 heteroatoms. The van der Waals surface area contributed by atoms with E-state index in [1.807, 2.05) is 0 Å². The molecule has 1 N–H and O–H groups in total. The van der Waals surface area contributed by atoms with Crippen molar-refractivity contribution in [1.29, 1.82) is 0 Å². The first-order valence-electron chi connectivity index (χ1n) is 5.51. The first kappa shape index (κ1) is 16.2. The quantitative estimate of drug-likeness (QED) is 0.429. The lowest BCUT2D eigenvalue weighted by Gasteiger charge is -2.05. The van der Waals surface area contributed by atoms with Crippen LogP contribution in [0.4, 0.5) is 0 Å². The molecule has 98 valence electrons. The highest BCUT2D eigenvalue weighted by Gasteiger charge is 2.02. The van der Waals surface area contributed by atoms with Crippen molar-refractivity contribution in [1.82, 2.24) is 5.32 Å². The van der Waals surface area contributed by atoms with Gasteiger partial charge in [0, 0.05) is 12.8 Å². The number of hydrogen-bond acceptors (Lipinski definition) is 4. The van der Waals surface area contributed by atoms with Crippen LogP contribution in [-0.2, 0) is 19.1 Å². The number of terminal acetylenes is 2. The van der Waals surface area contributed by atoms with Gasteiger partial charge in [0.15, 0.2) is 5.78 Å². The van der Waals surface area contributed by atoms with Gasteiger partial charge in [-0.25, -0.2) is 0 Å². The predicted molar refractivity (Wildman–Crippen MR) is 66.6 cm³/mol. The highest BCUT2D eigenvalue weighted by Crippen LogP contribution is 1.90. The molecule has 0 aliphatic carbocycles. The normalized spacial score (nSPS) is 9.22.